The van der Waals surface area contributed by atoms with Crippen molar-refractivity contribution in [1.29, 1.82) is 0 Å². The molecule has 0 radical (unpaired) electrons. The largest absolute Gasteiger partial charge is 0.457 e. The minimum atomic E-state index is -0.261. The van der Waals surface area contributed by atoms with Crippen LogP contribution in [0.2, 0.25) is 0 Å². The van der Waals surface area contributed by atoms with Gasteiger partial charge in [-0.2, -0.15) is 0 Å². The first-order valence-electron chi connectivity index (χ1n) is 12.9. The van der Waals surface area contributed by atoms with Gasteiger partial charge in [0.05, 0.1) is 5.92 Å². The summed E-state index contributed by atoms with van der Waals surface area (Å²) < 4.78 is 16.8. The molecule has 2 bridgehead atoms. The molecule has 6 heteroatoms. The molecule has 1 saturated heterocycles. The first-order chi connectivity index (χ1) is 17.0. The summed E-state index contributed by atoms with van der Waals surface area (Å²) in [6.45, 7) is 4.56. The Hall–Kier alpha value is -3.02. The van der Waals surface area contributed by atoms with E-state index in [1.54, 1.807) is 0 Å². The highest BCUT2D eigenvalue weighted by Crippen LogP contribution is 2.56. The van der Waals surface area contributed by atoms with Crippen LogP contribution < -0.4 is 4.74 Å². The van der Waals surface area contributed by atoms with Gasteiger partial charge in [0.1, 0.15) is 12.4 Å². The molecular weight excluding hydrogens is 442 g/mol. The van der Waals surface area contributed by atoms with Crippen molar-refractivity contribution >= 4 is 12.1 Å². The zero-order valence-electron chi connectivity index (χ0n) is 20.7. The molecule has 1 heterocycles. The van der Waals surface area contributed by atoms with Crippen LogP contribution in [0.3, 0.4) is 0 Å². The second kappa shape index (κ2) is 9.92. The second-order valence-corrected chi connectivity index (χ2v) is 10.5. The summed E-state index contributed by atoms with van der Waals surface area (Å²) >= 11 is 0. The molecule has 1 amide bonds. The van der Waals surface area contributed by atoms with Crippen LogP contribution in [-0.4, -0.2) is 36.3 Å². The second-order valence-electron chi connectivity index (χ2n) is 10.5. The van der Waals surface area contributed by atoms with Gasteiger partial charge in [-0.1, -0.05) is 63.1 Å². The normalized spacial score (nSPS) is 24.8. The van der Waals surface area contributed by atoms with Crippen LogP contribution in [0.1, 0.15) is 62.6 Å². The molecule has 186 valence electrons. The zero-order chi connectivity index (χ0) is 24.4. The number of nitrogens with zero attached hydrogens (tertiary/aromatic N) is 1. The van der Waals surface area contributed by atoms with Crippen LogP contribution in [0.5, 0.6) is 5.75 Å². The lowest BCUT2D eigenvalue weighted by molar-refractivity contribution is -0.153. The van der Waals surface area contributed by atoms with E-state index >= 15 is 0 Å². The summed E-state index contributed by atoms with van der Waals surface area (Å²) in [5.41, 5.74) is 3.73. The predicted octanol–water partition coefficient (Wildman–Crippen LogP) is 5.62. The fourth-order valence-corrected chi connectivity index (χ4v) is 6.43. The van der Waals surface area contributed by atoms with Crippen LogP contribution in [0.4, 0.5) is 4.79 Å². The minimum Gasteiger partial charge on any atom is -0.457 e. The quantitative estimate of drug-likeness (QED) is 0.399. The number of carbonyl (C=O) groups is 2. The summed E-state index contributed by atoms with van der Waals surface area (Å²) in [4.78, 5) is 26.9. The Morgan fingerprint density at radius 1 is 1.06 bits per heavy atom. The van der Waals surface area contributed by atoms with Crippen LogP contribution in [0.25, 0.3) is 0 Å². The highest BCUT2D eigenvalue weighted by molar-refractivity contribution is 5.71. The van der Waals surface area contributed by atoms with Gasteiger partial charge in [-0.05, 0) is 60.4 Å². The van der Waals surface area contributed by atoms with Gasteiger partial charge in [0, 0.05) is 18.0 Å². The van der Waals surface area contributed by atoms with Crippen molar-refractivity contribution < 1.29 is 23.8 Å². The number of esters is 1. The summed E-state index contributed by atoms with van der Waals surface area (Å²) in [6.07, 6.45) is 6.25. The fraction of sp³-hybridized carbons (Fsp3) is 0.517. The van der Waals surface area contributed by atoms with Crippen molar-refractivity contribution in [2.75, 3.05) is 13.3 Å². The van der Waals surface area contributed by atoms with Gasteiger partial charge < -0.3 is 19.1 Å². The molecule has 2 aromatic rings. The molecule has 0 spiro atoms. The van der Waals surface area contributed by atoms with E-state index in [2.05, 4.69) is 12.1 Å². The highest BCUT2D eigenvalue weighted by Gasteiger charge is 2.55. The summed E-state index contributed by atoms with van der Waals surface area (Å²) in [7, 11) is 0. The molecule has 2 fully saturated rings. The number of fused-ring (bicyclic) bond motifs is 1. The fourth-order valence-electron chi connectivity index (χ4n) is 6.43. The van der Waals surface area contributed by atoms with E-state index in [1.807, 2.05) is 55.1 Å². The minimum absolute atomic E-state index is 0.0701. The summed E-state index contributed by atoms with van der Waals surface area (Å²) in [5.74, 6) is 0.728. The van der Waals surface area contributed by atoms with Crippen LogP contribution in [0, 0.1) is 11.8 Å². The number of hydrogen-bond donors (Lipinski definition) is 0. The Kier molecular flexibility index (Phi) is 6.72. The number of benzene rings is 2. The standard InChI is InChI=1S/C29H35NO5/c1-20(2)27(31)35-19-34-23-12-11-22-16-26-24-10-6-7-13-29(24,25(22)17-23)14-15-30(26)28(32)33-18-21-8-4-3-5-9-21/h3-5,8-9,11-12,17,20,24,26H,6-7,10,13-16,18-19H2,1-2H3/t24-,26+,29-/m1/s1. The average molecular weight is 478 g/mol. The number of likely N-dealkylation sites (tertiary alicyclic amines) is 1. The first-order valence-corrected chi connectivity index (χ1v) is 12.9. The van der Waals surface area contributed by atoms with E-state index in [-0.39, 0.29) is 36.2 Å². The van der Waals surface area contributed by atoms with Crippen molar-refractivity contribution in [3.8, 4) is 5.75 Å². The lowest BCUT2D eigenvalue weighted by Crippen LogP contribution is -2.62. The lowest BCUT2D eigenvalue weighted by Gasteiger charge is -2.58. The Morgan fingerprint density at radius 3 is 2.69 bits per heavy atom. The molecule has 3 atom stereocenters. The van der Waals surface area contributed by atoms with Crippen LogP contribution >= 0.6 is 0 Å². The zero-order valence-corrected chi connectivity index (χ0v) is 20.7. The van der Waals surface area contributed by atoms with Crippen molar-refractivity contribution in [3.05, 3.63) is 65.2 Å². The van der Waals surface area contributed by atoms with E-state index in [9.17, 15) is 9.59 Å². The average Bonchev–Trinajstić information content (AvgIpc) is 2.88. The predicted molar refractivity (Wildman–Crippen MR) is 132 cm³/mol. The molecule has 5 rings (SSSR count). The third kappa shape index (κ3) is 4.63. The monoisotopic (exact) mass is 477 g/mol. The maximum atomic E-state index is 13.2. The smallest absolute Gasteiger partial charge is 0.410 e. The first kappa shape index (κ1) is 23.7. The molecule has 1 aliphatic heterocycles. The Morgan fingerprint density at radius 2 is 1.89 bits per heavy atom. The maximum Gasteiger partial charge on any atom is 0.410 e. The maximum absolute atomic E-state index is 13.2. The van der Waals surface area contributed by atoms with Gasteiger partial charge in [-0.15, -0.1) is 0 Å². The van der Waals surface area contributed by atoms with Gasteiger partial charge in [-0.25, -0.2) is 4.79 Å². The molecule has 2 aromatic carbocycles. The van der Waals surface area contributed by atoms with Crippen molar-refractivity contribution in [2.24, 2.45) is 11.8 Å². The molecule has 1 saturated carbocycles. The number of carbonyl (C=O) groups excluding carboxylic acids is 2. The summed E-state index contributed by atoms with van der Waals surface area (Å²) in [5, 5.41) is 0. The van der Waals surface area contributed by atoms with Crippen molar-refractivity contribution in [1.82, 2.24) is 4.90 Å². The Bertz CT molecular complexity index is 1070. The van der Waals surface area contributed by atoms with Crippen molar-refractivity contribution in [3.63, 3.8) is 0 Å². The molecule has 6 nitrogen and oxygen atoms in total. The van der Waals surface area contributed by atoms with E-state index in [4.69, 9.17) is 14.2 Å². The van der Waals surface area contributed by atoms with Gasteiger partial charge in [0.25, 0.3) is 0 Å². The van der Waals surface area contributed by atoms with Gasteiger partial charge in [0.15, 0.2) is 0 Å². The molecule has 2 aliphatic carbocycles. The summed E-state index contributed by atoms with van der Waals surface area (Å²) in [6, 6.07) is 16.3. The third-order valence-corrected chi connectivity index (χ3v) is 8.15. The number of amides is 1. The van der Waals surface area contributed by atoms with E-state index in [0.717, 1.165) is 37.0 Å². The van der Waals surface area contributed by atoms with Gasteiger partial charge in [-0.3, -0.25) is 4.79 Å². The number of hydrogen-bond acceptors (Lipinski definition) is 5. The lowest BCUT2D eigenvalue weighted by atomic mass is 9.52. The molecule has 0 N–H and O–H groups in total. The Labute approximate surface area is 207 Å². The van der Waals surface area contributed by atoms with Crippen LogP contribution in [-0.2, 0) is 32.7 Å². The SMILES string of the molecule is CC(C)C(=O)OCOc1ccc2c(c1)[C@@]13CCCC[C@@H]1[C@H](C2)N(C(=O)OCc1ccccc1)CC3. The number of rotatable bonds is 6. The van der Waals surface area contributed by atoms with Crippen molar-refractivity contribution in [2.45, 2.75) is 70.4 Å². The molecule has 3 aliphatic rings. The highest BCUT2D eigenvalue weighted by atomic mass is 16.7. The van der Waals surface area contributed by atoms with Gasteiger partial charge in [0.2, 0.25) is 6.79 Å². The Balaban J connectivity index is 1.33. The van der Waals surface area contributed by atoms with E-state index in [1.165, 1.54) is 24.0 Å². The molecular formula is C29H35NO5. The molecule has 0 aromatic heterocycles. The topological polar surface area (TPSA) is 65.1 Å². The van der Waals surface area contributed by atoms with E-state index in [0.29, 0.717) is 19.1 Å². The van der Waals surface area contributed by atoms with Gasteiger partial charge >= 0.3 is 12.1 Å². The molecule has 35 heavy (non-hydrogen) atoms. The van der Waals surface area contributed by atoms with E-state index < -0.39 is 0 Å². The number of ether oxygens (including phenoxy) is 3. The molecule has 0 unspecified atom stereocenters. The third-order valence-electron chi connectivity index (χ3n) is 8.15. The number of piperidine rings is 1. The van der Waals surface area contributed by atoms with Crippen LogP contribution in [0.15, 0.2) is 48.5 Å².